The van der Waals surface area contributed by atoms with Gasteiger partial charge in [0.2, 0.25) is 0 Å². The van der Waals surface area contributed by atoms with E-state index in [4.69, 9.17) is 4.52 Å². The second-order valence-corrected chi connectivity index (χ2v) is 7.04. The number of rotatable bonds is 5. The number of hydrogen-bond donors (Lipinski definition) is 2. The summed E-state index contributed by atoms with van der Waals surface area (Å²) in [6.07, 6.45) is 2.29. The summed E-state index contributed by atoms with van der Waals surface area (Å²) in [5.41, 5.74) is 2.99. The fourth-order valence-corrected chi connectivity index (χ4v) is 3.52. The number of nitrogens with zero attached hydrogens (tertiary/aromatic N) is 1. The standard InChI is InChI=1S/C22H22FN3O2/c23-19-8-2-5-16(11-19)21-12-20(28-26-21)14-25-22(27)17-6-1-4-15(10-17)18-7-3-9-24-13-18/h1-2,4-6,8,10-12,18,24H,3,7,9,13-14H2,(H,25,27). The third-order valence-corrected chi connectivity index (χ3v) is 5.02. The number of amides is 1. The van der Waals surface area contributed by atoms with Crippen LogP contribution < -0.4 is 10.6 Å². The Hall–Kier alpha value is -2.99. The van der Waals surface area contributed by atoms with Crippen molar-refractivity contribution in [3.8, 4) is 11.3 Å². The largest absolute Gasteiger partial charge is 0.359 e. The van der Waals surface area contributed by atoms with E-state index >= 15 is 0 Å². The van der Waals surface area contributed by atoms with Gasteiger partial charge in [0.15, 0.2) is 5.76 Å². The Kier molecular flexibility index (Phi) is 5.48. The van der Waals surface area contributed by atoms with E-state index in [2.05, 4.69) is 21.9 Å². The molecule has 1 saturated heterocycles. The first-order valence-electron chi connectivity index (χ1n) is 9.49. The van der Waals surface area contributed by atoms with Gasteiger partial charge in [0, 0.05) is 23.7 Å². The second kappa shape index (κ2) is 8.35. The number of piperidine rings is 1. The quantitative estimate of drug-likeness (QED) is 0.706. The summed E-state index contributed by atoms with van der Waals surface area (Å²) >= 11 is 0. The first-order chi connectivity index (χ1) is 13.7. The lowest BCUT2D eigenvalue weighted by Crippen LogP contribution is -2.28. The van der Waals surface area contributed by atoms with Gasteiger partial charge >= 0.3 is 0 Å². The van der Waals surface area contributed by atoms with Gasteiger partial charge in [-0.15, -0.1) is 0 Å². The molecule has 0 saturated carbocycles. The molecule has 0 radical (unpaired) electrons. The summed E-state index contributed by atoms with van der Waals surface area (Å²) in [6, 6.07) is 15.6. The van der Waals surface area contributed by atoms with E-state index < -0.39 is 0 Å². The number of carbonyl (C=O) groups excluding carboxylic acids is 1. The smallest absolute Gasteiger partial charge is 0.251 e. The molecular weight excluding hydrogens is 357 g/mol. The van der Waals surface area contributed by atoms with Crippen LogP contribution >= 0.6 is 0 Å². The second-order valence-electron chi connectivity index (χ2n) is 7.04. The highest BCUT2D eigenvalue weighted by atomic mass is 19.1. The molecule has 144 valence electrons. The van der Waals surface area contributed by atoms with E-state index in [-0.39, 0.29) is 18.3 Å². The first-order valence-corrected chi connectivity index (χ1v) is 9.49. The minimum absolute atomic E-state index is 0.158. The van der Waals surface area contributed by atoms with Gasteiger partial charge in [-0.2, -0.15) is 0 Å². The Labute approximate surface area is 162 Å². The molecule has 4 rings (SSSR count). The van der Waals surface area contributed by atoms with Crippen molar-refractivity contribution in [2.24, 2.45) is 0 Å². The summed E-state index contributed by atoms with van der Waals surface area (Å²) < 4.78 is 18.6. The van der Waals surface area contributed by atoms with Crippen molar-refractivity contribution in [2.75, 3.05) is 13.1 Å². The topological polar surface area (TPSA) is 67.2 Å². The lowest BCUT2D eigenvalue weighted by atomic mass is 9.90. The number of hydrogen-bond acceptors (Lipinski definition) is 4. The molecule has 2 N–H and O–H groups in total. The fraction of sp³-hybridized carbons (Fsp3) is 0.273. The molecular formula is C22H22FN3O2. The molecule has 1 amide bonds. The highest BCUT2D eigenvalue weighted by Crippen LogP contribution is 2.24. The van der Waals surface area contributed by atoms with E-state index in [1.54, 1.807) is 18.2 Å². The number of aromatic nitrogens is 1. The molecule has 1 atom stereocenters. The zero-order chi connectivity index (χ0) is 19.3. The molecule has 0 bridgehead atoms. The summed E-state index contributed by atoms with van der Waals surface area (Å²) in [5.74, 6) is 0.475. The van der Waals surface area contributed by atoms with Gasteiger partial charge in [0.1, 0.15) is 11.5 Å². The van der Waals surface area contributed by atoms with Crippen LogP contribution in [0.1, 0.15) is 40.4 Å². The maximum atomic E-state index is 13.3. The van der Waals surface area contributed by atoms with Crippen LogP contribution in [0.5, 0.6) is 0 Å². The number of halogens is 1. The maximum Gasteiger partial charge on any atom is 0.251 e. The third-order valence-electron chi connectivity index (χ3n) is 5.02. The Morgan fingerprint density at radius 3 is 2.93 bits per heavy atom. The molecule has 6 heteroatoms. The third kappa shape index (κ3) is 4.28. The van der Waals surface area contributed by atoms with Crippen LogP contribution in [0, 0.1) is 5.82 Å². The monoisotopic (exact) mass is 379 g/mol. The Morgan fingerprint density at radius 2 is 2.11 bits per heavy atom. The predicted octanol–water partition coefficient (Wildman–Crippen LogP) is 3.88. The fourth-order valence-electron chi connectivity index (χ4n) is 3.52. The number of nitrogens with one attached hydrogen (secondary N) is 2. The lowest BCUT2D eigenvalue weighted by Gasteiger charge is -2.23. The Balaban J connectivity index is 1.39. The molecule has 0 aliphatic carbocycles. The van der Waals surface area contributed by atoms with Crippen molar-refractivity contribution >= 4 is 5.91 Å². The summed E-state index contributed by atoms with van der Waals surface area (Å²) in [7, 11) is 0. The minimum atomic E-state index is -0.330. The van der Waals surface area contributed by atoms with Crippen molar-refractivity contribution < 1.29 is 13.7 Å². The molecule has 1 aliphatic rings. The normalized spacial score (nSPS) is 16.7. The van der Waals surface area contributed by atoms with Gasteiger partial charge in [0.05, 0.1) is 6.54 Å². The Bertz CT molecular complexity index is 964. The molecule has 1 aromatic heterocycles. The lowest BCUT2D eigenvalue weighted by molar-refractivity contribution is 0.0947. The van der Waals surface area contributed by atoms with Crippen LogP contribution in [0.4, 0.5) is 4.39 Å². The molecule has 1 fully saturated rings. The molecule has 2 aromatic carbocycles. The van der Waals surface area contributed by atoms with E-state index in [0.717, 1.165) is 25.9 Å². The zero-order valence-electron chi connectivity index (χ0n) is 15.5. The average molecular weight is 379 g/mol. The van der Waals surface area contributed by atoms with E-state index in [1.165, 1.54) is 17.7 Å². The predicted molar refractivity (Wildman–Crippen MR) is 104 cm³/mol. The molecule has 2 heterocycles. The first kappa shape index (κ1) is 18.4. The van der Waals surface area contributed by atoms with E-state index in [0.29, 0.717) is 28.5 Å². The zero-order valence-corrected chi connectivity index (χ0v) is 15.5. The summed E-state index contributed by atoms with van der Waals surface area (Å²) in [4.78, 5) is 12.5. The van der Waals surface area contributed by atoms with Crippen molar-refractivity contribution in [3.63, 3.8) is 0 Å². The van der Waals surface area contributed by atoms with E-state index in [9.17, 15) is 9.18 Å². The Morgan fingerprint density at radius 1 is 1.21 bits per heavy atom. The highest BCUT2D eigenvalue weighted by Gasteiger charge is 2.17. The number of benzene rings is 2. The molecule has 28 heavy (non-hydrogen) atoms. The molecule has 0 spiro atoms. The molecule has 3 aromatic rings. The SMILES string of the molecule is O=C(NCc1cc(-c2cccc(F)c2)no1)c1cccc(C2CCCNC2)c1. The van der Waals surface area contributed by atoms with Gasteiger partial charge in [-0.3, -0.25) is 4.79 Å². The number of carbonyl (C=O) groups is 1. The minimum Gasteiger partial charge on any atom is -0.359 e. The van der Waals surface area contributed by atoms with Gasteiger partial charge < -0.3 is 15.2 Å². The van der Waals surface area contributed by atoms with Crippen molar-refractivity contribution in [1.82, 2.24) is 15.8 Å². The van der Waals surface area contributed by atoms with E-state index in [1.807, 2.05) is 18.2 Å². The van der Waals surface area contributed by atoms with Crippen LogP contribution in [0.2, 0.25) is 0 Å². The van der Waals surface area contributed by atoms with Crippen molar-refractivity contribution in [2.45, 2.75) is 25.3 Å². The van der Waals surface area contributed by atoms with Crippen LogP contribution in [0.25, 0.3) is 11.3 Å². The summed E-state index contributed by atoms with van der Waals surface area (Å²) in [6.45, 7) is 2.23. The van der Waals surface area contributed by atoms with Crippen LogP contribution in [0.15, 0.2) is 59.1 Å². The van der Waals surface area contributed by atoms with Gasteiger partial charge in [-0.05, 0) is 55.1 Å². The van der Waals surface area contributed by atoms with Gasteiger partial charge in [0.25, 0.3) is 5.91 Å². The molecule has 1 unspecified atom stereocenters. The highest BCUT2D eigenvalue weighted by molar-refractivity contribution is 5.94. The summed E-state index contributed by atoms with van der Waals surface area (Å²) in [5, 5.41) is 10.2. The van der Waals surface area contributed by atoms with Crippen LogP contribution in [-0.4, -0.2) is 24.2 Å². The van der Waals surface area contributed by atoms with Crippen LogP contribution in [0.3, 0.4) is 0 Å². The van der Waals surface area contributed by atoms with Crippen molar-refractivity contribution in [1.29, 1.82) is 0 Å². The van der Waals surface area contributed by atoms with Gasteiger partial charge in [-0.25, -0.2) is 4.39 Å². The van der Waals surface area contributed by atoms with Crippen LogP contribution in [-0.2, 0) is 6.54 Å². The van der Waals surface area contributed by atoms with Gasteiger partial charge in [-0.1, -0.05) is 29.4 Å². The molecule has 5 nitrogen and oxygen atoms in total. The maximum absolute atomic E-state index is 13.3. The average Bonchev–Trinajstić information content (AvgIpc) is 3.22. The van der Waals surface area contributed by atoms with Crippen molar-refractivity contribution in [3.05, 3.63) is 77.3 Å². The molecule has 1 aliphatic heterocycles.